The molecule has 1 aromatic carbocycles. The number of piperidine rings is 1. The molecule has 1 saturated heterocycles. The van der Waals surface area contributed by atoms with Gasteiger partial charge in [-0.05, 0) is 25.0 Å². The summed E-state index contributed by atoms with van der Waals surface area (Å²) >= 11 is 0. The molecule has 1 saturated carbocycles. The van der Waals surface area contributed by atoms with Crippen LogP contribution >= 0.6 is 0 Å². The van der Waals surface area contributed by atoms with Crippen LogP contribution in [0.4, 0.5) is 5.69 Å². The number of amides is 1. The van der Waals surface area contributed by atoms with E-state index in [4.69, 9.17) is 0 Å². The molecule has 20 heavy (non-hydrogen) atoms. The molecule has 1 aliphatic heterocycles. The standard InChI is InChI=1S/C16H22N2O2/c19-15(9-17-14-7-2-1-3-8-14)18-10-12-5-4-6-13(11-18)16(12)20/h1-3,7-8,12-13,16-17,20H,4-6,9-11H2. The molecule has 2 N–H and O–H groups in total. The smallest absolute Gasteiger partial charge is 0.241 e. The Balaban J connectivity index is 1.55. The molecule has 2 fully saturated rings. The van der Waals surface area contributed by atoms with E-state index in [1.54, 1.807) is 0 Å². The molecule has 108 valence electrons. The number of benzene rings is 1. The van der Waals surface area contributed by atoms with Crippen LogP contribution in [0.25, 0.3) is 0 Å². The average Bonchev–Trinajstić information content (AvgIpc) is 2.45. The third kappa shape index (κ3) is 2.80. The van der Waals surface area contributed by atoms with Crippen LogP contribution in [-0.4, -0.2) is 41.7 Å². The molecule has 3 rings (SSSR count). The fourth-order valence-corrected chi connectivity index (χ4v) is 3.46. The van der Waals surface area contributed by atoms with Crippen molar-refractivity contribution in [3.8, 4) is 0 Å². The van der Waals surface area contributed by atoms with Gasteiger partial charge in [-0.15, -0.1) is 0 Å². The lowest BCUT2D eigenvalue weighted by Crippen LogP contribution is -2.54. The Bertz CT molecular complexity index is 449. The maximum atomic E-state index is 12.3. The molecule has 2 aliphatic rings. The molecule has 2 bridgehead atoms. The van der Waals surface area contributed by atoms with Crippen molar-refractivity contribution in [1.82, 2.24) is 4.90 Å². The summed E-state index contributed by atoms with van der Waals surface area (Å²) in [6.45, 7) is 1.76. The van der Waals surface area contributed by atoms with Gasteiger partial charge in [0.1, 0.15) is 0 Å². The van der Waals surface area contributed by atoms with E-state index in [-0.39, 0.29) is 23.8 Å². The van der Waals surface area contributed by atoms with Gasteiger partial charge in [0, 0.05) is 30.6 Å². The Morgan fingerprint density at radius 3 is 2.50 bits per heavy atom. The van der Waals surface area contributed by atoms with Crippen molar-refractivity contribution in [2.75, 3.05) is 25.0 Å². The highest BCUT2D eigenvalue weighted by Gasteiger charge is 2.39. The van der Waals surface area contributed by atoms with Gasteiger partial charge in [0.2, 0.25) is 5.91 Å². The van der Waals surface area contributed by atoms with Gasteiger partial charge in [0.25, 0.3) is 0 Å². The number of carbonyl (C=O) groups is 1. The van der Waals surface area contributed by atoms with E-state index in [1.165, 1.54) is 6.42 Å². The lowest BCUT2D eigenvalue weighted by atomic mass is 9.75. The van der Waals surface area contributed by atoms with Crippen molar-refractivity contribution in [2.45, 2.75) is 25.4 Å². The topological polar surface area (TPSA) is 52.6 Å². The molecule has 4 nitrogen and oxygen atoms in total. The van der Waals surface area contributed by atoms with E-state index in [0.29, 0.717) is 19.6 Å². The summed E-state index contributed by atoms with van der Waals surface area (Å²) < 4.78 is 0. The van der Waals surface area contributed by atoms with Crippen molar-refractivity contribution >= 4 is 11.6 Å². The zero-order valence-electron chi connectivity index (χ0n) is 11.7. The number of carbonyl (C=O) groups excluding carboxylic acids is 1. The number of nitrogens with zero attached hydrogens (tertiary/aromatic N) is 1. The first-order valence-corrected chi connectivity index (χ1v) is 7.49. The van der Waals surface area contributed by atoms with E-state index >= 15 is 0 Å². The third-order valence-corrected chi connectivity index (χ3v) is 4.60. The van der Waals surface area contributed by atoms with Crippen molar-refractivity contribution < 1.29 is 9.90 Å². The van der Waals surface area contributed by atoms with Crippen LogP contribution in [-0.2, 0) is 4.79 Å². The molecule has 2 unspecified atom stereocenters. The monoisotopic (exact) mass is 274 g/mol. The number of para-hydroxylation sites is 1. The summed E-state index contributed by atoms with van der Waals surface area (Å²) in [5.74, 6) is 0.698. The predicted octanol–water partition coefficient (Wildman–Crippen LogP) is 1.72. The SMILES string of the molecule is O=C(CNc1ccccc1)N1CC2CCCC(C1)C2O. The summed E-state index contributed by atoms with van der Waals surface area (Å²) in [6, 6.07) is 9.78. The van der Waals surface area contributed by atoms with E-state index in [0.717, 1.165) is 18.5 Å². The Kier molecular flexibility index (Phi) is 3.92. The molecular weight excluding hydrogens is 252 g/mol. The summed E-state index contributed by atoms with van der Waals surface area (Å²) in [5.41, 5.74) is 0.970. The second kappa shape index (κ2) is 5.83. The van der Waals surface area contributed by atoms with Gasteiger partial charge in [-0.3, -0.25) is 4.79 Å². The fraction of sp³-hybridized carbons (Fsp3) is 0.562. The minimum Gasteiger partial charge on any atom is -0.392 e. The van der Waals surface area contributed by atoms with Crippen molar-refractivity contribution in [1.29, 1.82) is 0 Å². The largest absolute Gasteiger partial charge is 0.392 e. The highest BCUT2D eigenvalue weighted by atomic mass is 16.3. The summed E-state index contributed by atoms with van der Waals surface area (Å²) in [4.78, 5) is 14.2. The highest BCUT2D eigenvalue weighted by molar-refractivity contribution is 5.81. The number of fused-ring (bicyclic) bond motifs is 2. The minimum atomic E-state index is -0.199. The van der Waals surface area contributed by atoms with Crippen molar-refractivity contribution in [3.63, 3.8) is 0 Å². The molecule has 2 atom stereocenters. The predicted molar refractivity (Wildman–Crippen MR) is 78.3 cm³/mol. The number of hydrogen-bond donors (Lipinski definition) is 2. The second-order valence-electron chi connectivity index (χ2n) is 5.96. The molecule has 0 radical (unpaired) electrons. The number of rotatable bonds is 3. The Labute approximate surface area is 119 Å². The van der Waals surface area contributed by atoms with Gasteiger partial charge in [-0.1, -0.05) is 24.6 Å². The first kappa shape index (κ1) is 13.4. The van der Waals surface area contributed by atoms with Crippen molar-refractivity contribution in [3.05, 3.63) is 30.3 Å². The second-order valence-corrected chi connectivity index (χ2v) is 5.96. The number of anilines is 1. The van der Waals surface area contributed by atoms with E-state index < -0.39 is 0 Å². The highest BCUT2D eigenvalue weighted by Crippen LogP contribution is 2.34. The van der Waals surface area contributed by atoms with Gasteiger partial charge in [-0.25, -0.2) is 0 Å². The van der Waals surface area contributed by atoms with Crippen LogP contribution in [0.2, 0.25) is 0 Å². The molecule has 1 amide bonds. The van der Waals surface area contributed by atoms with Gasteiger partial charge in [0.15, 0.2) is 0 Å². The average molecular weight is 274 g/mol. The lowest BCUT2D eigenvalue weighted by molar-refractivity contribution is -0.137. The maximum Gasteiger partial charge on any atom is 0.241 e. The maximum absolute atomic E-state index is 12.3. The lowest BCUT2D eigenvalue weighted by Gasteiger charge is -2.45. The summed E-state index contributed by atoms with van der Waals surface area (Å²) in [7, 11) is 0. The molecule has 1 aliphatic carbocycles. The molecule has 1 aromatic rings. The number of likely N-dealkylation sites (tertiary alicyclic amines) is 1. The molecular formula is C16H22N2O2. The normalized spacial score (nSPS) is 29.1. The fourth-order valence-electron chi connectivity index (χ4n) is 3.46. The van der Waals surface area contributed by atoms with Gasteiger partial charge < -0.3 is 15.3 Å². The Hall–Kier alpha value is -1.55. The van der Waals surface area contributed by atoms with Crippen LogP contribution in [0.15, 0.2) is 30.3 Å². The van der Waals surface area contributed by atoms with Crippen LogP contribution in [0.3, 0.4) is 0 Å². The summed E-state index contributed by atoms with van der Waals surface area (Å²) in [5, 5.41) is 13.3. The zero-order valence-corrected chi connectivity index (χ0v) is 11.7. The number of hydrogen-bond acceptors (Lipinski definition) is 3. The van der Waals surface area contributed by atoms with Crippen LogP contribution in [0.5, 0.6) is 0 Å². The van der Waals surface area contributed by atoms with Gasteiger partial charge >= 0.3 is 0 Å². The first-order valence-electron chi connectivity index (χ1n) is 7.49. The molecule has 1 heterocycles. The zero-order chi connectivity index (χ0) is 13.9. The quantitative estimate of drug-likeness (QED) is 0.882. The number of nitrogens with one attached hydrogen (secondary N) is 1. The van der Waals surface area contributed by atoms with Crippen LogP contribution in [0, 0.1) is 11.8 Å². The minimum absolute atomic E-state index is 0.137. The molecule has 4 heteroatoms. The van der Waals surface area contributed by atoms with E-state index in [2.05, 4.69) is 5.32 Å². The number of aliphatic hydroxyl groups is 1. The van der Waals surface area contributed by atoms with Crippen LogP contribution in [0.1, 0.15) is 19.3 Å². The molecule has 0 spiro atoms. The van der Waals surface area contributed by atoms with E-state index in [9.17, 15) is 9.90 Å². The number of aliphatic hydroxyl groups excluding tert-OH is 1. The Morgan fingerprint density at radius 2 is 1.85 bits per heavy atom. The Morgan fingerprint density at radius 1 is 1.20 bits per heavy atom. The molecule has 0 aromatic heterocycles. The van der Waals surface area contributed by atoms with Crippen LogP contribution < -0.4 is 5.32 Å². The third-order valence-electron chi connectivity index (χ3n) is 4.60. The van der Waals surface area contributed by atoms with Gasteiger partial charge in [0.05, 0.1) is 12.6 Å². The van der Waals surface area contributed by atoms with E-state index in [1.807, 2.05) is 35.2 Å². The summed E-state index contributed by atoms with van der Waals surface area (Å²) in [6.07, 6.45) is 3.09. The van der Waals surface area contributed by atoms with Gasteiger partial charge in [-0.2, -0.15) is 0 Å². The van der Waals surface area contributed by atoms with Crippen molar-refractivity contribution in [2.24, 2.45) is 11.8 Å². The first-order chi connectivity index (χ1) is 9.74.